The minimum atomic E-state index is 0.0368. The SMILES string of the molecule is Cc1nnc(SCC(=O)N(C)Cc2ccc(Cl)s2)n1-c1ccccc1. The van der Waals surface area contributed by atoms with Crippen molar-refractivity contribution in [3.8, 4) is 5.69 Å². The van der Waals surface area contributed by atoms with Gasteiger partial charge in [0.05, 0.1) is 16.6 Å². The van der Waals surface area contributed by atoms with Gasteiger partial charge < -0.3 is 4.90 Å². The zero-order valence-corrected chi connectivity index (χ0v) is 16.2. The third-order valence-electron chi connectivity index (χ3n) is 3.58. The molecule has 2 heterocycles. The molecule has 0 unspecified atom stereocenters. The number of thioether (sulfide) groups is 1. The Balaban J connectivity index is 1.65. The van der Waals surface area contributed by atoms with Gasteiger partial charge in [-0.05, 0) is 31.2 Å². The van der Waals surface area contributed by atoms with Gasteiger partial charge in [-0.1, -0.05) is 41.6 Å². The number of aryl methyl sites for hydroxylation is 1. The Kier molecular flexibility index (Phi) is 5.78. The van der Waals surface area contributed by atoms with Crippen LogP contribution in [-0.2, 0) is 11.3 Å². The number of aromatic nitrogens is 3. The number of amides is 1. The van der Waals surface area contributed by atoms with E-state index in [0.717, 1.165) is 20.7 Å². The summed E-state index contributed by atoms with van der Waals surface area (Å²) in [4.78, 5) is 15.2. The number of halogens is 1. The highest BCUT2D eigenvalue weighted by Gasteiger charge is 2.16. The lowest BCUT2D eigenvalue weighted by molar-refractivity contribution is -0.127. The molecule has 0 N–H and O–H groups in total. The summed E-state index contributed by atoms with van der Waals surface area (Å²) in [6.07, 6.45) is 0. The lowest BCUT2D eigenvalue weighted by Crippen LogP contribution is -2.27. The molecule has 3 rings (SSSR count). The molecule has 2 aromatic heterocycles. The maximum absolute atomic E-state index is 12.4. The molecule has 0 atom stereocenters. The monoisotopic (exact) mass is 392 g/mol. The number of para-hydroxylation sites is 1. The predicted molar refractivity (Wildman–Crippen MR) is 103 cm³/mol. The summed E-state index contributed by atoms with van der Waals surface area (Å²) in [7, 11) is 1.80. The van der Waals surface area contributed by atoms with E-state index in [2.05, 4.69) is 10.2 Å². The molecule has 0 aliphatic carbocycles. The molecule has 5 nitrogen and oxygen atoms in total. The molecule has 0 aliphatic heterocycles. The topological polar surface area (TPSA) is 51.0 Å². The van der Waals surface area contributed by atoms with Gasteiger partial charge in [0, 0.05) is 17.6 Å². The standard InChI is InChI=1S/C17H17ClN4OS2/c1-12-19-20-17(22(12)13-6-4-3-5-7-13)24-11-16(23)21(2)10-14-8-9-15(18)25-14/h3-9H,10-11H2,1-2H3. The maximum atomic E-state index is 12.4. The Morgan fingerprint density at radius 3 is 2.68 bits per heavy atom. The van der Waals surface area contributed by atoms with Crippen molar-refractivity contribution in [2.45, 2.75) is 18.6 Å². The van der Waals surface area contributed by atoms with Crippen LogP contribution in [0.1, 0.15) is 10.7 Å². The van der Waals surface area contributed by atoms with Crippen molar-refractivity contribution in [1.82, 2.24) is 19.7 Å². The van der Waals surface area contributed by atoms with Gasteiger partial charge in [0.25, 0.3) is 0 Å². The van der Waals surface area contributed by atoms with Crippen LogP contribution < -0.4 is 0 Å². The fourth-order valence-corrected chi connectivity index (χ4v) is 4.39. The number of benzene rings is 1. The fraction of sp³-hybridized carbons (Fsp3) is 0.235. The zero-order chi connectivity index (χ0) is 17.8. The van der Waals surface area contributed by atoms with Gasteiger partial charge in [-0.3, -0.25) is 9.36 Å². The first-order chi connectivity index (χ1) is 12.0. The van der Waals surface area contributed by atoms with Crippen LogP contribution in [0.5, 0.6) is 0 Å². The molecule has 0 saturated heterocycles. The van der Waals surface area contributed by atoms with Gasteiger partial charge in [-0.2, -0.15) is 0 Å². The third kappa shape index (κ3) is 4.42. The smallest absolute Gasteiger partial charge is 0.233 e. The summed E-state index contributed by atoms with van der Waals surface area (Å²) in [6.45, 7) is 2.46. The van der Waals surface area contributed by atoms with Crippen LogP contribution in [0.3, 0.4) is 0 Å². The summed E-state index contributed by atoms with van der Waals surface area (Å²) < 4.78 is 2.69. The second-order valence-corrected chi connectivity index (χ2v) is 8.19. The molecule has 0 aliphatic rings. The average molecular weight is 393 g/mol. The molecule has 0 spiro atoms. The number of rotatable bonds is 6. The van der Waals surface area contributed by atoms with Crippen LogP contribution in [0.4, 0.5) is 0 Å². The molecule has 25 heavy (non-hydrogen) atoms. The van der Waals surface area contributed by atoms with Gasteiger partial charge in [-0.25, -0.2) is 0 Å². The van der Waals surface area contributed by atoms with Crippen LogP contribution in [0.15, 0.2) is 47.6 Å². The second-order valence-electron chi connectivity index (χ2n) is 5.45. The number of thiophene rings is 1. The van der Waals surface area contributed by atoms with E-state index in [-0.39, 0.29) is 5.91 Å². The number of nitrogens with zero attached hydrogens (tertiary/aromatic N) is 4. The number of carbonyl (C=O) groups excluding carboxylic acids is 1. The van der Waals surface area contributed by atoms with Gasteiger partial charge in [0.1, 0.15) is 5.82 Å². The van der Waals surface area contributed by atoms with Crippen LogP contribution in [0, 0.1) is 6.92 Å². The first kappa shape index (κ1) is 18.0. The van der Waals surface area contributed by atoms with Crippen molar-refractivity contribution in [3.63, 3.8) is 0 Å². The molecule has 0 bridgehead atoms. The molecule has 1 amide bonds. The van der Waals surface area contributed by atoms with Gasteiger partial charge in [-0.15, -0.1) is 21.5 Å². The zero-order valence-electron chi connectivity index (χ0n) is 13.8. The molecule has 0 saturated carbocycles. The summed E-state index contributed by atoms with van der Waals surface area (Å²) in [6, 6.07) is 13.7. The van der Waals surface area contributed by atoms with Crippen molar-refractivity contribution in [3.05, 3.63) is 57.5 Å². The van der Waals surface area contributed by atoms with Crippen molar-refractivity contribution in [2.75, 3.05) is 12.8 Å². The minimum Gasteiger partial charge on any atom is -0.340 e. The first-order valence-electron chi connectivity index (χ1n) is 7.63. The van der Waals surface area contributed by atoms with E-state index in [9.17, 15) is 4.79 Å². The summed E-state index contributed by atoms with van der Waals surface area (Å²) in [5.41, 5.74) is 0.988. The predicted octanol–water partition coefficient (Wildman–Crippen LogP) is 4.04. The van der Waals surface area contributed by atoms with Crippen molar-refractivity contribution < 1.29 is 4.79 Å². The van der Waals surface area contributed by atoms with E-state index < -0.39 is 0 Å². The average Bonchev–Trinajstić information content (AvgIpc) is 3.18. The largest absolute Gasteiger partial charge is 0.340 e. The Hall–Kier alpha value is -1.83. The molecule has 0 radical (unpaired) electrons. The van der Waals surface area contributed by atoms with E-state index in [1.807, 2.05) is 54.0 Å². The Morgan fingerprint density at radius 1 is 1.24 bits per heavy atom. The number of carbonyl (C=O) groups is 1. The second kappa shape index (κ2) is 8.03. The van der Waals surface area contributed by atoms with Crippen molar-refractivity contribution in [2.24, 2.45) is 0 Å². The summed E-state index contributed by atoms with van der Waals surface area (Å²) >= 11 is 8.82. The van der Waals surface area contributed by atoms with Gasteiger partial charge >= 0.3 is 0 Å². The summed E-state index contributed by atoms with van der Waals surface area (Å²) in [5, 5.41) is 9.05. The molecule has 8 heteroatoms. The van der Waals surface area contributed by atoms with Crippen molar-refractivity contribution >= 4 is 40.6 Å². The van der Waals surface area contributed by atoms with E-state index in [1.54, 1.807) is 11.9 Å². The Bertz CT molecular complexity index is 863. The molecule has 130 valence electrons. The maximum Gasteiger partial charge on any atom is 0.233 e. The van der Waals surface area contributed by atoms with E-state index >= 15 is 0 Å². The highest BCUT2D eigenvalue weighted by Crippen LogP contribution is 2.24. The van der Waals surface area contributed by atoms with Crippen molar-refractivity contribution in [1.29, 1.82) is 0 Å². The normalized spacial score (nSPS) is 10.8. The first-order valence-corrected chi connectivity index (χ1v) is 9.81. The Labute approximate surface area is 159 Å². The highest BCUT2D eigenvalue weighted by atomic mass is 35.5. The van der Waals surface area contributed by atoms with E-state index in [1.165, 1.54) is 23.1 Å². The van der Waals surface area contributed by atoms with E-state index in [4.69, 9.17) is 11.6 Å². The quantitative estimate of drug-likeness (QED) is 0.594. The molecular formula is C17H17ClN4OS2. The number of hydrogen-bond acceptors (Lipinski definition) is 5. The Morgan fingerprint density at radius 2 is 2.00 bits per heavy atom. The lowest BCUT2D eigenvalue weighted by Gasteiger charge is -2.16. The molecular weight excluding hydrogens is 376 g/mol. The van der Waals surface area contributed by atoms with Gasteiger partial charge in [0.2, 0.25) is 5.91 Å². The van der Waals surface area contributed by atoms with E-state index in [0.29, 0.717) is 17.5 Å². The highest BCUT2D eigenvalue weighted by molar-refractivity contribution is 7.99. The summed E-state index contributed by atoms with van der Waals surface area (Å²) in [5.74, 6) is 1.14. The molecule has 0 fully saturated rings. The lowest BCUT2D eigenvalue weighted by atomic mass is 10.3. The molecule has 1 aromatic carbocycles. The van der Waals surface area contributed by atoms with Crippen LogP contribution in [0.2, 0.25) is 4.34 Å². The minimum absolute atomic E-state index is 0.0368. The third-order valence-corrected chi connectivity index (χ3v) is 5.71. The van der Waals surface area contributed by atoms with Crippen LogP contribution in [0.25, 0.3) is 5.69 Å². The number of hydrogen-bond donors (Lipinski definition) is 0. The van der Waals surface area contributed by atoms with Crippen LogP contribution >= 0.6 is 34.7 Å². The van der Waals surface area contributed by atoms with Crippen LogP contribution in [-0.4, -0.2) is 38.4 Å². The fourth-order valence-electron chi connectivity index (χ4n) is 2.31. The molecule has 3 aromatic rings. The van der Waals surface area contributed by atoms with Gasteiger partial charge in [0.15, 0.2) is 5.16 Å².